The fourth-order valence-electron chi connectivity index (χ4n) is 2.06. The van der Waals surface area contributed by atoms with Crippen LogP contribution in [-0.2, 0) is 11.2 Å². The van der Waals surface area contributed by atoms with Crippen LogP contribution < -0.4 is 10.1 Å². The summed E-state index contributed by atoms with van der Waals surface area (Å²) in [5.41, 5.74) is 1.28. The zero-order valence-electron chi connectivity index (χ0n) is 12.3. The summed E-state index contributed by atoms with van der Waals surface area (Å²) >= 11 is 6.06. The summed E-state index contributed by atoms with van der Waals surface area (Å²) in [7, 11) is 3.40. The van der Waals surface area contributed by atoms with Gasteiger partial charge in [0.25, 0.3) is 0 Å². The molecule has 1 aromatic rings. The normalized spacial score (nSPS) is 11.6. The molecular weight excluding hydrogens is 262 g/mol. The quantitative estimate of drug-likeness (QED) is 0.744. The minimum Gasteiger partial charge on any atom is -0.496 e. The Bertz CT molecular complexity index is 394. The molecule has 0 radical (unpaired) electrons. The Morgan fingerprint density at radius 2 is 2.00 bits per heavy atom. The Morgan fingerprint density at radius 3 is 2.63 bits per heavy atom. The van der Waals surface area contributed by atoms with Gasteiger partial charge >= 0.3 is 0 Å². The lowest BCUT2D eigenvalue weighted by atomic mass is 9.85. The lowest BCUT2D eigenvalue weighted by Crippen LogP contribution is -2.33. The van der Waals surface area contributed by atoms with Gasteiger partial charge in [-0.15, -0.1) is 0 Å². The van der Waals surface area contributed by atoms with Crippen molar-refractivity contribution in [2.45, 2.75) is 20.3 Å². The molecule has 19 heavy (non-hydrogen) atoms. The van der Waals surface area contributed by atoms with E-state index >= 15 is 0 Å². The van der Waals surface area contributed by atoms with Crippen molar-refractivity contribution < 1.29 is 9.47 Å². The van der Waals surface area contributed by atoms with E-state index in [2.05, 4.69) is 19.2 Å². The van der Waals surface area contributed by atoms with Crippen LogP contribution in [0, 0.1) is 5.41 Å². The van der Waals surface area contributed by atoms with Crippen LogP contribution in [0.15, 0.2) is 18.2 Å². The van der Waals surface area contributed by atoms with E-state index < -0.39 is 0 Å². The molecule has 0 aliphatic rings. The summed E-state index contributed by atoms with van der Waals surface area (Å²) in [6.45, 7) is 6.98. The van der Waals surface area contributed by atoms with Gasteiger partial charge in [0.1, 0.15) is 5.75 Å². The Labute approximate surface area is 121 Å². The first-order chi connectivity index (χ1) is 8.98. The highest BCUT2D eigenvalue weighted by Gasteiger charge is 2.20. The van der Waals surface area contributed by atoms with Gasteiger partial charge in [0.2, 0.25) is 0 Å². The second-order valence-electron chi connectivity index (χ2n) is 5.47. The molecule has 0 aliphatic heterocycles. The molecule has 0 spiro atoms. The molecule has 0 atom stereocenters. The highest BCUT2D eigenvalue weighted by Crippen LogP contribution is 2.29. The van der Waals surface area contributed by atoms with E-state index in [1.807, 2.05) is 18.2 Å². The third-order valence-electron chi connectivity index (χ3n) is 3.00. The Morgan fingerprint density at radius 1 is 1.26 bits per heavy atom. The second kappa shape index (κ2) is 7.73. The first-order valence-corrected chi connectivity index (χ1v) is 6.88. The van der Waals surface area contributed by atoms with Crippen LogP contribution in [0.5, 0.6) is 5.75 Å². The van der Waals surface area contributed by atoms with Gasteiger partial charge in [-0.3, -0.25) is 0 Å². The fraction of sp³-hybridized carbons (Fsp3) is 0.600. The number of hydrogen-bond donors (Lipinski definition) is 1. The van der Waals surface area contributed by atoms with Gasteiger partial charge < -0.3 is 14.8 Å². The number of hydrogen-bond acceptors (Lipinski definition) is 3. The third kappa shape index (κ3) is 5.81. The minimum atomic E-state index is 0.131. The van der Waals surface area contributed by atoms with Crippen LogP contribution in [0.2, 0.25) is 5.02 Å². The van der Waals surface area contributed by atoms with E-state index in [-0.39, 0.29) is 5.41 Å². The van der Waals surface area contributed by atoms with Crippen molar-refractivity contribution in [3.05, 3.63) is 28.8 Å². The molecule has 0 heterocycles. The molecule has 1 rings (SSSR count). The zero-order valence-corrected chi connectivity index (χ0v) is 13.0. The number of methoxy groups -OCH3 is 2. The maximum absolute atomic E-state index is 6.06. The minimum absolute atomic E-state index is 0.131. The fourth-order valence-corrected chi connectivity index (χ4v) is 2.26. The van der Waals surface area contributed by atoms with E-state index in [0.29, 0.717) is 0 Å². The van der Waals surface area contributed by atoms with Gasteiger partial charge in [-0.05, 0) is 35.6 Å². The molecule has 0 bridgehead atoms. The molecular formula is C15H24ClNO2. The summed E-state index contributed by atoms with van der Waals surface area (Å²) in [5, 5.41) is 4.15. The lowest BCUT2D eigenvalue weighted by molar-refractivity contribution is 0.194. The number of ether oxygens (including phenoxy) is 2. The second-order valence-corrected chi connectivity index (χ2v) is 5.90. The lowest BCUT2D eigenvalue weighted by Gasteiger charge is -2.26. The van der Waals surface area contributed by atoms with Crippen molar-refractivity contribution in [2.75, 3.05) is 33.9 Å². The van der Waals surface area contributed by atoms with E-state index in [4.69, 9.17) is 21.1 Å². The maximum Gasteiger partial charge on any atom is 0.122 e. The summed E-state index contributed by atoms with van der Waals surface area (Å²) in [6.07, 6.45) is 0.913. The van der Waals surface area contributed by atoms with Crippen molar-refractivity contribution in [1.82, 2.24) is 5.32 Å². The predicted molar refractivity (Wildman–Crippen MR) is 80.2 cm³/mol. The summed E-state index contributed by atoms with van der Waals surface area (Å²) in [5.74, 6) is 0.898. The summed E-state index contributed by atoms with van der Waals surface area (Å²) in [4.78, 5) is 0. The maximum atomic E-state index is 6.06. The number of halogens is 1. The van der Waals surface area contributed by atoms with Gasteiger partial charge in [-0.2, -0.15) is 0 Å². The van der Waals surface area contributed by atoms with Gasteiger partial charge in [-0.25, -0.2) is 0 Å². The molecule has 3 nitrogen and oxygen atoms in total. The molecule has 0 fully saturated rings. The predicted octanol–water partition coefficient (Wildman–Crippen LogP) is 3.15. The van der Waals surface area contributed by atoms with Crippen LogP contribution in [0.1, 0.15) is 19.4 Å². The zero-order chi connectivity index (χ0) is 14.3. The first-order valence-electron chi connectivity index (χ1n) is 6.50. The van der Waals surface area contributed by atoms with Crippen LogP contribution in [-0.4, -0.2) is 33.9 Å². The molecule has 0 saturated heterocycles. The van der Waals surface area contributed by atoms with Crippen molar-refractivity contribution >= 4 is 11.6 Å². The number of nitrogens with one attached hydrogen (secondary N) is 1. The summed E-state index contributed by atoms with van der Waals surface area (Å²) in [6, 6.07) is 5.76. The van der Waals surface area contributed by atoms with Crippen LogP contribution in [0.4, 0.5) is 0 Å². The SMILES string of the molecule is COCCNCC(C)(C)Cc1cc(Cl)ccc1OC. The molecule has 0 aromatic heterocycles. The van der Waals surface area contributed by atoms with Crippen molar-refractivity contribution in [1.29, 1.82) is 0 Å². The number of benzene rings is 1. The van der Waals surface area contributed by atoms with Gasteiger partial charge in [-0.1, -0.05) is 25.4 Å². The molecule has 1 N–H and O–H groups in total. The molecule has 1 aromatic carbocycles. The molecule has 0 unspecified atom stereocenters. The molecule has 4 heteroatoms. The van der Waals surface area contributed by atoms with Gasteiger partial charge in [0.15, 0.2) is 0 Å². The van der Waals surface area contributed by atoms with E-state index in [1.165, 1.54) is 0 Å². The Hall–Kier alpha value is -0.770. The Balaban J connectivity index is 2.63. The van der Waals surface area contributed by atoms with Gasteiger partial charge in [0, 0.05) is 25.2 Å². The average Bonchev–Trinajstić information content (AvgIpc) is 2.34. The Kier molecular flexibility index (Phi) is 6.63. The molecule has 0 saturated carbocycles. The molecule has 108 valence electrons. The topological polar surface area (TPSA) is 30.5 Å². The highest BCUT2D eigenvalue weighted by atomic mass is 35.5. The van der Waals surface area contributed by atoms with Crippen molar-refractivity contribution in [2.24, 2.45) is 5.41 Å². The van der Waals surface area contributed by atoms with Gasteiger partial charge in [0.05, 0.1) is 13.7 Å². The highest BCUT2D eigenvalue weighted by molar-refractivity contribution is 6.30. The molecule has 0 amide bonds. The largest absolute Gasteiger partial charge is 0.496 e. The monoisotopic (exact) mass is 285 g/mol. The average molecular weight is 286 g/mol. The van der Waals surface area contributed by atoms with Crippen molar-refractivity contribution in [3.63, 3.8) is 0 Å². The van der Waals surface area contributed by atoms with E-state index in [9.17, 15) is 0 Å². The van der Waals surface area contributed by atoms with Crippen LogP contribution in [0.3, 0.4) is 0 Å². The summed E-state index contributed by atoms with van der Waals surface area (Å²) < 4.78 is 10.4. The van der Waals surface area contributed by atoms with E-state index in [0.717, 1.165) is 42.5 Å². The smallest absolute Gasteiger partial charge is 0.122 e. The molecule has 0 aliphatic carbocycles. The van der Waals surface area contributed by atoms with Crippen LogP contribution >= 0.6 is 11.6 Å². The van der Waals surface area contributed by atoms with Crippen molar-refractivity contribution in [3.8, 4) is 5.75 Å². The third-order valence-corrected chi connectivity index (χ3v) is 3.23. The van der Waals surface area contributed by atoms with E-state index in [1.54, 1.807) is 14.2 Å². The number of rotatable bonds is 8. The first kappa shape index (κ1) is 16.3. The standard InChI is InChI=1S/C15H24ClNO2/c1-15(2,11-17-7-8-18-3)10-12-9-13(16)5-6-14(12)19-4/h5-6,9,17H,7-8,10-11H2,1-4H3. The van der Waals surface area contributed by atoms with Crippen LogP contribution in [0.25, 0.3) is 0 Å².